The molecule has 0 aromatic rings. The van der Waals surface area contributed by atoms with Crippen molar-refractivity contribution in [1.82, 2.24) is 0 Å². The van der Waals surface area contributed by atoms with Gasteiger partial charge in [-0.15, -0.1) is 11.6 Å². The monoisotopic (exact) mass is 204 g/mol. The minimum Gasteiger partial charge on any atom is -0.381 e. The SMILES string of the molecule is CCCCCCC1COCCC1Cl. The van der Waals surface area contributed by atoms with Crippen LogP contribution in [0, 0.1) is 5.92 Å². The van der Waals surface area contributed by atoms with E-state index in [-0.39, 0.29) is 0 Å². The van der Waals surface area contributed by atoms with E-state index in [1.54, 1.807) is 0 Å². The van der Waals surface area contributed by atoms with Gasteiger partial charge in [-0.25, -0.2) is 0 Å². The van der Waals surface area contributed by atoms with Crippen molar-refractivity contribution in [2.45, 2.75) is 50.8 Å². The van der Waals surface area contributed by atoms with Crippen molar-refractivity contribution in [2.75, 3.05) is 13.2 Å². The molecule has 1 fully saturated rings. The summed E-state index contributed by atoms with van der Waals surface area (Å²) in [6.07, 6.45) is 7.65. The molecule has 1 saturated heterocycles. The molecule has 0 aromatic carbocycles. The second-order valence-electron chi connectivity index (χ2n) is 3.99. The first-order valence-electron chi connectivity index (χ1n) is 5.56. The zero-order valence-electron chi connectivity index (χ0n) is 8.60. The average Bonchev–Trinajstić information content (AvgIpc) is 2.15. The van der Waals surface area contributed by atoms with Gasteiger partial charge in [-0.05, 0) is 18.8 Å². The van der Waals surface area contributed by atoms with E-state index in [2.05, 4.69) is 6.92 Å². The van der Waals surface area contributed by atoms with Crippen molar-refractivity contribution in [3.8, 4) is 0 Å². The normalized spacial score (nSPS) is 29.1. The standard InChI is InChI=1S/C11H21ClO/c1-2-3-4-5-6-10-9-13-8-7-11(10)12/h10-11H,2-9H2,1H3. The van der Waals surface area contributed by atoms with Crippen LogP contribution >= 0.6 is 11.6 Å². The largest absolute Gasteiger partial charge is 0.381 e. The third-order valence-electron chi connectivity index (χ3n) is 2.81. The molecule has 0 bridgehead atoms. The zero-order valence-corrected chi connectivity index (χ0v) is 9.35. The molecule has 0 saturated carbocycles. The Morgan fingerprint density at radius 3 is 2.85 bits per heavy atom. The molecule has 1 heterocycles. The van der Waals surface area contributed by atoms with E-state index in [0.29, 0.717) is 11.3 Å². The van der Waals surface area contributed by atoms with Crippen LogP contribution in [0.25, 0.3) is 0 Å². The lowest BCUT2D eigenvalue weighted by Gasteiger charge is -2.27. The molecule has 1 nitrogen and oxygen atoms in total. The molecule has 2 heteroatoms. The summed E-state index contributed by atoms with van der Waals surface area (Å²) in [4.78, 5) is 0. The number of hydrogen-bond donors (Lipinski definition) is 0. The van der Waals surface area contributed by atoms with Crippen molar-refractivity contribution >= 4 is 11.6 Å². The third kappa shape index (κ3) is 4.33. The molecule has 78 valence electrons. The molecule has 0 aliphatic carbocycles. The molecule has 1 aliphatic heterocycles. The average molecular weight is 205 g/mol. The van der Waals surface area contributed by atoms with E-state index < -0.39 is 0 Å². The van der Waals surface area contributed by atoms with Gasteiger partial charge in [-0.3, -0.25) is 0 Å². The fourth-order valence-corrected chi connectivity index (χ4v) is 2.16. The Morgan fingerprint density at radius 1 is 1.31 bits per heavy atom. The lowest BCUT2D eigenvalue weighted by Crippen LogP contribution is -2.27. The maximum atomic E-state index is 6.22. The molecule has 0 amide bonds. The van der Waals surface area contributed by atoms with E-state index in [9.17, 15) is 0 Å². The molecule has 1 rings (SSSR count). The fourth-order valence-electron chi connectivity index (χ4n) is 1.87. The Hall–Kier alpha value is 0.250. The van der Waals surface area contributed by atoms with Crippen LogP contribution in [0.2, 0.25) is 0 Å². The lowest BCUT2D eigenvalue weighted by atomic mass is 9.95. The second-order valence-corrected chi connectivity index (χ2v) is 4.55. The Bertz CT molecular complexity index is 127. The summed E-state index contributed by atoms with van der Waals surface area (Å²) in [5, 5.41) is 0.371. The van der Waals surface area contributed by atoms with Gasteiger partial charge in [0.05, 0.1) is 6.61 Å². The molecular weight excluding hydrogens is 184 g/mol. The number of ether oxygens (including phenoxy) is 1. The van der Waals surface area contributed by atoms with Crippen LogP contribution in [0.1, 0.15) is 45.4 Å². The van der Waals surface area contributed by atoms with Crippen molar-refractivity contribution < 1.29 is 4.74 Å². The fraction of sp³-hybridized carbons (Fsp3) is 1.00. The predicted octanol–water partition coefficient (Wildman–Crippen LogP) is 3.60. The highest BCUT2D eigenvalue weighted by Crippen LogP contribution is 2.25. The Labute approximate surface area is 86.8 Å². The number of unbranched alkanes of at least 4 members (excludes halogenated alkanes) is 3. The van der Waals surface area contributed by atoms with Crippen LogP contribution in [0.4, 0.5) is 0 Å². The summed E-state index contributed by atoms with van der Waals surface area (Å²) >= 11 is 6.22. The number of halogens is 1. The smallest absolute Gasteiger partial charge is 0.0508 e. The summed E-state index contributed by atoms with van der Waals surface area (Å²) in [5.41, 5.74) is 0. The summed E-state index contributed by atoms with van der Waals surface area (Å²) in [6.45, 7) is 3.99. The predicted molar refractivity (Wildman–Crippen MR) is 57.3 cm³/mol. The molecule has 1 aliphatic rings. The highest BCUT2D eigenvalue weighted by atomic mass is 35.5. The van der Waals surface area contributed by atoms with E-state index in [0.717, 1.165) is 19.6 Å². The van der Waals surface area contributed by atoms with Crippen LogP contribution in [-0.2, 0) is 4.74 Å². The van der Waals surface area contributed by atoms with E-state index in [1.807, 2.05) is 0 Å². The van der Waals surface area contributed by atoms with Crippen LogP contribution in [-0.4, -0.2) is 18.6 Å². The Morgan fingerprint density at radius 2 is 2.15 bits per heavy atom. The lowest BCUT2D eigenvalue weighted by molar-refractivity contribution is 0.0535. The molecule has 2 unspecified atom stereocenters. The molecule has 0 N–H and O–H groups in total. The number of hydrogen-bond acceptors (Lipinski definition) is 1. The minimum atomic E-state index is 0.371. The third-order valence-corrected chi connectivity index (χ3v) is 3.38. The number of alkyl halides is 1. The first-order valence-corrected chi connectivity index (χ1v) is 6.00. The Balaban J connectivity index is 2.05. The molecule has 13 heavy (non-hydrogen) atoms. The molecule has 0 radical (unpaired) electrons. The topological polar surface area (TPSA) is 9.23 Å². The first-order chi connectivity index (χ1) is 6.34. The van der Waals surface area contributed by atoms with Gasteiger partial charge < -0.3 is 4.74 Å². The molecule has 2 atom stereocenters. The van der Waals surface area contributed by atoms with Gasteiger partial charge in [-0.1, -0.05) is 32.6 Å². The van der Waals surface area contributed by atoms with Crippen LogP contribution in [0.5, 0.6) is 0 Å². The molecular formula is C11H21ClO. The summed E-state index contributed by atoms with van der Waals surface area (Å²) in [7, 11) is 0. The van der Waals surface area contributed by atoms with Crippen molar-refractivity contribution in [3.63, 3.8) is 0 Å². The molecule has 0 aromatic heterocycles. The number of rotatable bonds is 5. The summed E-state index contributed by atoms with van der Waals surface area (Å²) < 4.78 is 5.43. The van der Waals surface area contributed by atoms with Gasteiger partial charge in [-0.2, -0.15) is 0 Å². The quantitative estimate of drug-likeness (QED) is 0.491. The van der Waals surface area contributed by atoms with Crippen molar-refractivity contribution in [1.29, 1.82) is 0 Å². The zero-order chi connectivity index (χ0) is 9.52. The first kappa shape index (κ1) is 11.3. The summed E-state index contributed by atoms with van der Waals surface area (Å²) in [6, 6.07) is 0. The second kappa shape index (κ2) is 6.67. The van der Waals surface area contributed by atoms with Crippen LogP contribution in [0.15, 0.2) is 0 Å². The molecule has 0 spiro atoms. The van der Waals surface area contributed by atoms with Gasteiger partial charge in [0.2, 0.25) is 0 Å². The van der Waals surface area contributed by atoms with E-state index in [1.165, 1.54) is 32.1 Å². The Kier molecular flexibility index (Phi) is 5.81. The minimum absolute atomic E-state index is 0.371. The maximum absolute atomic E-state index is 6.22. The highest BCUT2D eigenvalue weighted by Gasteiger charge is 2.22. The van der Waals surface area contributed by atoms with Gasteiger partial charge in [0, 0.05) is 12.0 Å². The van der Waals surface area contributed by atoms with E-state index in [4.69, 9.17) is 16.3 Å². The van der Waals surface area contributed by atoms with Gasteiger partial charge >= 0.3 is 0 Å². The maximum Gasteiger partial charge on any atom is 0.0508 e. The highest BCUT2D eigenvalue weighted by molar-refractivity contribution is 6.20. The van der Waals surface area contributed by atoms with Gasteiger partial charge in [0.25, 0.3) is 0 Å². The van der Waals surface area contributed by atoms with Crippen LogP contribution < -0.4 is 0 Å². The van der Waals surface area contributed by atoms with Gasteiger partial charge in [0.1, 0.15) is 0 Å². The van der Waals surface area contributed by atoms with Gasteiger partial charge in [0.15, 0.2) is 0 Å². The van der Waals surface area contributed by atoms with Crippen LogP contribution in [0.3, 0.4) is 0 Å². The van der Waals surface area contributed by atoms with E-state index >= 15 is 0 Å². The van der Waals surface area contributed by atoms with Crippen molar-refractivity contribution in [2.24, 2.45) is 5.92 Å². The van der Waals surface area contributed by atoms with Crippen molar-refractivity contribution in [3.05, 3.63) is 0 Å². The summed E-state index contributed by atoms with van der Waals surface area (Å²) in [5.74, 6) is 0.618.